The quantitative estimate of drug-likeness (QED) is 0.878. The van der Waals surface area contributed by atoms with Crippen molar-refractivity contribution in [1.29, 1.82) is 0 Å². The summed E-state index contributed by atoms with van der Waals surface area (Å²) in [6, 6.07) is 9.85. The number of aromatic nitrogens is 1. The fourth-order valence-corrected chi connectivity index (χ4v) is 2.41. The van der Waals surface area contributed by atoms with E-state index < -0.39 is 0 Å². The fraction of sp³-hybridized carbons (Fsp3) is 0.167. The maximum absolute atomic E-state index is 11.1. The van der Waals surface area contributed by atoms with Crippen molar-refractivity contribution in [1.82, 2.24) is 4.98 Å². The van der Waals surface area contributed by atoms with Crippen LogP contribution in [0.4, 0.5) is 0 Å². The van der Waals surface area contributed by atoms with Gasteiger partial charge in [-0.25, -0.2) is 4.98 Å². The number of nitrogens with two attached hydrogens (primary N) is 1. The lowest BCUT2D eigenvalue weighted by Gasteiger charge is -2.12. The molecule has 1 heterocycles. The van der Waals surface area contributed by atoms with Crippen molar-refractivity contribution in [2.75, 3.05) is 0 Å². The average molecular weight is 232 g/mol. The van der Waals surface area contributed by atoms with E-state index in [9.17, 15) is 4.79 Å². The summed E-state index contributed by atoms with van der Waals surface area (Å²) in [6.07, 6.45) is 2.05. The molecule has 0 spiro atoms. The highest BCUT2D eigenvalue weighted by Crippen LogP contribution is 2.28. The van der Waals surface area contributed by atoms with Crippen LogP contribution in [0, 0.1) is 0 Å². The van der Waals surface area contributed by atoms with Gasteiger partial charge >= 0.3 is 0 Å². The second-order valence-corrected chi connectivity index (χ2v) is 4.43. The molecule has 3 nitrogen and oxygen atoms in total. The number of nitrogens with zero attached hydrogens (tertiary/aromatic N) is 1. The molecule has 0 saturated carbocycles. The molecular weight excluding hydrogens is 220 g/mol. The van der Waals surface area contributed by atoms with Crippen LogP contribution in [0.25, 0.3) is 0 Å². The summed E-state index contributed by atoms with van der Waals surface area (Å²) in [5.41, 5.74) is 6.35. The summed E-state index contributed by atoms with van der Waals surface area (Å²) in [6.45, 7) is 0. The number of primary amides is 1. The van der Waals surface area contributed by atoms with E-state index in [1.807, 2.05) is 35.7 Å². The third kappa shape index (κ3) is 2.46. The van der Waals surface area contributed by atoms with Gasteiger partial charge in [-0.05, 0) is 5.56 Å². The van der Waals surface area contributed by atoms with Crippen LogP contribution < -0.4 is 5.73 Å². The Balaban J connectivity index is 2.32. The molecule has 0 bridgehead atoms. The maximum atomic E-state index is 11.1. The number of thiazole rings is 1. The Morgan fingerprint density at radius 1 is 1.38 bits per heavy atom. The van der Waals surface area contributed by atoms with Crippen LogP contribution in [0.2, 0.25) is 0 Å². The van der Waals surface area contributed by atoms with Gasteiger partial charge in [0.1, 0.15) is 5.01 Å². The van der Waals surface area contributed by atoms with Crippen LogP contribution in [-0.4, -0.2) is 10.9 Å². The summed E-state index contributed by atoms with van der Waals surface area (Å²) in [5, 5.41) is 2.84. The largest absolute Gasteiger partial charge is 0.370 e. The van der Waals surface area contributed by atoms with Crippen LogP contribution >= 0.6 is 11.3 Å². The van der Waals surface area contributed by atoms with Gasteiger partial charge in [-0.1, -0.05) is 30.3 Å². The SMILES string of the molecule is NC(=O)CC(c1ccccc1)c1nccs1. The molecule has 2 N–H and O–H groups in total. The maximum Gasteiger partial charge on any atom is 0.218 e. The minimum atomic E-state index is -0.302. The Morgan fingerprint density at radius 2 is 2.12 bits per heavy atom. The van der Waals surface area contributed by atoms with Crippen molar-refractivity contribution in [3.63, 3.8) is 0 Å². The van der Waals surface area contributed by atoms with Crippen LogP contribution in [0.3, 0.4) is 0 Å². The number of benzene rings is 1. The highest BCUT2D eigenvalue weighted by Gasteiger charge is 2.18. The number of amides is 1. The van der Waals surface area contributed by atoms with Crippen LogP contribution in [-0.2, 0) is 4.79 Å². The zero-order valence-electron chi connectivity index (χ0n) is 8.67. The Hall–Kier alpha value is -1.68. The van der Waals surface area contributed by atoms with Crippen LogP contribution in [0.1, 0.15) is 22.9 Å². The first-order chi connectivity index (χ1) is 7.77. The van der Waals surface area contributed by atoms with Gasteiger partial charge in [0.25, 0.3) is 0 Å². The smallest absolute Gasteiger partial charge is 0.218 e. The lowest BCUT2D eigenvalue weighted by molar-refractivity contribution is -0.118. The average Bonchev–Trinajstić information content (AvgIpc) is 2.80. The number of hydrogen-bond donors (Lipinski definition) is 1. The summed E-state index contributed by atoms with van der Waals surface area (Å²) in [5.74, 6) is -0.317. The molecule has 1 unspecified atom stereocenters. The van der Waals surface area contributed by atoms with E-state index in [0.717, 1.165) is 10.6 Å². The molecule has 82 valence electrons. The molecule has 0 radical (unpaired) electrons. The number of carbonyl (C=O) groups excluding carboxylic acids is 1. The first-order valence-electron chi connectivity index (χ1n) is 5.00. The van der Waals surface area contributed by atoms with Crippen molar-refractivity contribution >= 4 is 17.2 Å². The van der Waals surface area contributed by atoms with Gasteiger partial charge in [-0.2, -0.15) is 0 Å². The molecule has 2 aromatic rings. The number of rotatable bonds is 4. The fourth-order valence-electron chi connectivity index (χ4n) is 1.64. The van der Waals surface area contributed by atoms with Crippen LogP contribution in [0.15, 0.2) is 41.9 Å². The highest BCUT2D eigenvalue weighted by molar-refractivity contribution is 7.09. The van der Waals surface area contributed by atoms with Crippen molar-refractivity contribution in [3.05, 3.63) is 52.5 Å². The molecule has 1 atom stereocenters. The van der Waals surface area contributed by atoms with Gasteiger partial charge in [-0.3, -0.25) is 4.79 Å². The Morgan fingerprint density at radius 3 is 2.69 bits per heavy atom. The van der Waals surface area contributed by atoms with Crippen molar-refractivity contribution in [3.8, 4) is 0 Å². The summed E-state index contributed by atoms with van der Waals surface area (Å²) >= 11 is 1.55. The molecule has 1 amide bonds. The minimum absolute atomic E-state index is 0.0151. The molecule has 1 aromatic carbocycles. The van der Waals surface area contributed by atoms with Crippen molar-refractivity contribution in [2.24, 2.45) is 5.73 Å². The Bertz CT molecular complexity index is 453. The lowest BCUT2D eigenvalue weighted by Crippen LogP contribution is -2.16. The van der Waals surface area contributed by atoms with E-state index in [-0.39, 0.29) is 11.8 Å². The first-order valence-corrected chi connectivity index (χ1v) is 5.88. The predicted molar refractivity (Wildman–Crippen MR) is 64.2 cm³/mol. The van der Waals surface area contributed by atoms with E-state index in [1.54, 1.807) is 17.5 Å². The number of carbonyl (C=O) groups is 1. The molecule has 0 aliphatic rings. The molecule has 1 aromatic heterocycles. The molecule has 2 rings (SSSR count). The monoisotopic (exact) mass is 232 g/mol. The predicted octanol–water partition coefficient (Wildman–Crippen LogP) is 2.15. The summed E-state index contributed by atoms with van der Waals surface area (Å²) in [4.78, 5) is 15.3. The van der Waals surface area contributed by atoms with E-state index in [4.69, 9.17) is 5.73 Å². The van der Waals surface area contributed by atoms with E-state index in [2.05, 4.69) is 4.98 Å². The molecule has 16 heavy (non-hydrogen) atoms. The van der Waals surface area contributed by atoms with Crippen molar-refractivity contribution in [2.45, 2.75) is 12.3 Å². The summed E-state index contributed by atoms with van der Waals surface area (Å²) in [7, 11) is 0. The number of hydrogen-bond acceptors (Lipinski definition) is 3. The van der Waals surface area contributed by atoms with Gasteiger partial charge in [0, 0.05) is 23.9 Å². The zero-order chi connectivity index (χ0) is 11.4. The lowest BCUT2D eigenvalue weighted by atomic mass is 9.96. The Kier molecular flexibility index (Phi) is 3.31. The summed E-state index contributed by atoms with van der Waals surface area (Å²) < 4.78 is 0. The van der Waals surface area contributed by atoms with Gasteiger partial charge < -0.3 is 5.73 Å². The first kappa shape index (κ1) is 10.8. The zero-order valence-corrected chi connectivity index (χ0v) is 9.48. The molecule has 0 aliphatic heterocycles. The van der Waals surface area contributed by atoms with Gasteiger partial charge in [0.15, 0.2) is 0 Å². The standard InChI is InChI=1S/C12H12N2OS/c13-11(15)8-10(12-14-6-7-16-12)9-4-2-1-3-5-9/h1-7,10H,8H2,(H2,13,15). The van der Waals surface area contributed by atoms with E-state index >= 15 is 0 Å². The van der Waals surface area contributed by atoms with E-state index in [1.165, 1.54) is 0 Å². The third-order valence-electron chi connectivity index (χ3n) is 2.36. The van der Waals surface area contributed by atoms with Crippen molar-refractivity contribution < 1.29 is 4.79 Å². The van der Waals surface area contributed by atoms with Gasteiger partial charge in [-0.15, -0.1) is 11.3 Å². The second kappa shape index (κ2) is 4.90. The molecule has 4 heteroatoms. The molecule has 0 aliphatic carbocycles. The minimum Gasteiger partial charge on any atom is -0.370 e. The van der Waals surface area contributed by atoms with E-state index in [0.29, 0.717) is 6.42 Å². The second-order valence-electron chi connectivity index (χ2n) is 3.50. The highest BCUT2D eigenvalue weighted by atomic mass is 32.1. The molecule has 0 fully saturated rings. The van der Waals surface area contributed by atoms with Gasteiger partial charge in [0.05, 0.1) is 0 Å². The van der Waals surface area contributed by atoms with Crippen LogP contribution in [0.5, 0.6) is 0 Å². The topological polar surface area (TPSA) is 56.0 Å². The molecule has 0 saturated heterocycles. The third-order valence-corrected chi connectivity index (χ3v) is 3.25. The van der Waals surface area contributed by atoms with Gasteiger partial charge in [0.2, 0.25) is 5.91 Å². The normalized spacial score (nSPS) is 12.2. The Labute approximate surface area is 97.9 Å². The molecular formula is C12H12N2OS.